The van der Waals surface area contributed by atoms with Crippen molar-refractivity contribution < 1.29 is 0 Å². The second-order valence-corrected chi connectivity index (χ2v) is 4.97. The Morgan fingerprint density at radius 3 is 2.25 bits per heavy atom. The highest BCUT2D eigenvalue weighted by molar-refractivity contribution is 14.1. The predicted molar refractivity (Wildman–Crippen MR) is 46.4 cm³/mol. The van der Waals surface area contributed by atoms with E-state index in [1.807, 2.05) is 0 Å². The molecule has 2 heteroatoms. The van der Waals surface area contributed by atoms with Gasteiger partial charge in [0, 0.05) is 9.97 Å². The van der Waals surface area contributed by atoms with Crippen molar-refractivity contribution in [1.29, 1.82) is 0 Å². The van der Waals surface area contributed by atoms with Crippen LogP contribution in [0.3, 0.4) is 0 Å². The highest BCUT2D eigenvalue weighted by Gasteiger charge is 2.14. The molecule has 1 unspecified atom stereocenters. The molecule has 0 aliphatic rings. The van der Waals surface area contributed by atoms with Crippen molar-refractivity contribution in [3.63, 3.8) is 0 Å². The minimum atomic E-state index is 0.340. The second-order valence-electron chi connectivity index (χ2n) is 2.37. The van der Waals surface area contributed by atoms with Crippen LogP contribution < -0.4 is 5.73 Å². The molecule has 0 spiro atoms. The van der Waals surface area contributed by atoms with Crippen LogP contribution >= 0.6 is 22.6 Å². The molecule has 0 aromatic heterocycles. The normalized spacial score (nSPS) is 18.0. The van der Waals surface area contributed by atoms with Crippen LogP contribution in [0.25, 0.3) is 0 Å². The Kier molecular flexibility index (Phi) is 3.98. The fourth-order valence-electron chi connectivity index (χ4n) is 0.623. The SMILES string of the molecule is CCCC(C)(I)CN. The Hall–Kier alpha value is 0.690. The molecule has 0 saturated heterocycles. The van der Waals surface area contributed by atoms with Crippen molar-refractivity contribution in [2.24, 2.45) is 5.73 Å². The summed E-state index contributed by atoms with van der Waals surface area (Å²) >= 11 is 2.41. The molecule has 2 N–H and O–H groups in total. The maximum atomic E-state index is 5.48. The summed E-state index contributed by atoms with van der Waals surface area (Å²) in [5.74, 6) is 0. The van der Waals surface area contributed by atoms with Gasteiger partial charge in [0.05, 0.1) is 0 Å². The third-order valence-corrected chi connectivity index (χ3v) is 2.18. The van der Waals surface area contributed by atoms with Crippen molar-refractivity contribution in [1.82, 2.24) is 0 Å². The molecular weight excluding hydrogens is 213 g/mol. The van der Waals surface area contributed by atoms with Gasteiger partial charge >= 0.3 is 0 Å². The Bertz CT molecular complexity index is 61.5. The zero-order valence-corrected chi connectivity index (χ0v) is 7.73. The van der Waals surface area contributed by atoms with E-state index in [1.54, 1.807) is 0 Å². The minimum Gasteiger partial charge on any atom is -0.329 e. The van der Waals surface area contributed by atoms with Gasteiger partial charge in [-0.3, -0.25) is 0 Å². The molecule has 0 saturated carbocycles. The molecule has 0 radical (unpaired) electrons. The van der Waals surface area contributed by atoms with E-state index in [-0.39, 0.29) is 0 Å². The first-order valence-electron chi connectivity index (χ1n) is 3.01. The van der Waals surface area contributed by atoms with Crippen LogP contribution in [-0.2, 0) is 0 Å². The maximum Gasteiger partial charge on any atom is 0.0316 e. The van der Waals surface area contributed by atoms with Crippen molar-refractivity contribution in [3.8, 4) is 0 Å². The summed E-state index contributed by atoms with van der Waals surface area (Å²) < 4.78 is 0.340. The molecular formula is C6H14IN. The smallest absolute Gasteiger partial charge is 0.0316 e. The van der Waals surface area contributed by atoms with Crippen LogP contribution in [0.1, 0.15) is 26.7 Å². The second kappa shape index (κ2) is 3.67. The zero-order chi connectivity index (χ0) is 6.62. The maximum absolute atomic E-state index is 5.48. The molecule has 0 aliphatic carbocycles. The van der Waals surface area contributed by atoms with E-state index in [1.165, 1.54) is 12.8 Å². The third kappa shape index (κ3) is 3.66. The molecule has 0 aliphatic heterocycles. The Balaban J connectivity index is 3.37. The van der Waals surface area contributed by atoms with E-state index in [4.69, 9.17) is 5.73 Å². The average molecular weight is 227 g/mol. The van der Waals surface area contributed by atoms with Crippen LogP contribution in [0.4, 0.5) is 0 Å². The van der Waals surface area contributed by atoms with Crippen molar-refractivity contribution >= 4 is 22.6 Å². The van der Waals surface area contributed by atoms with Crippen molar-refractivity contribution in [3.05, 3.63) is 0 Å². The number of halogens is 1. The average Bonchev–Trinajstić information content (AvgIpc) is 1.67. The Labute approximate surface area is 65.2 Å². The summed E-state index contributed by atoms with van der Waals surface area (Å²) in [6.45, 7) is 5.17. The highest BCUT2D eigenvalue weighted by atomic mass is 127. The van der Waals surface area contributed by atoms with E-state index in [9.17, 15) is 0 Å². The van der Waals surface area contributed by atoms with Gasteiger partial charge in [-0.05, 0) is 13.3 Å². The predicted octanol–water partition coefficient (Wildman–Crippen LogP) is 1.94. The van der Waals surface area contributed by atoms with Gasteiger partial charge in [0.2, 0.25) is 0 Å². The van der Waals surface area contributed by atoms with Crippen LogP contribution in [0.2, 0.25) is 0 Å². The molecule has 50 valence electrons. The monoisotopic (exact) mass is 227 g/mol. The molecule has 0 heterocycles. The van der Waals surface area contributed by atoms with E-state index < -0.39 is 0 Å². The molecule has 1 nitrogen and oxygen atoms in total. The van der Waals surface area contributed by atoms with Gasteiger partial charge in [-0.25, -0.2) is 0 Å². The van der Waals surface area contributed by atoms with Gasteiger partial charge in [0.1, 0.15) is 0 Å². The highest BCUT2D eigenvalue weighted by Crippen LogP contribution is 2.21. The first-order valence-corrected chi connectivity index (χ1v) is 4.09. The molecule has 8 heavy (non-hydrogen) atoms. The fraction of sp³-hybridized carbons (Fsp3) is 1.00. The quantitative estimate of drug-likeness (QED) is 0.578. The lowest BCUT2D eigenvalue weighted by Crippen LogP contribution is -2.26. The molecule has 0 rings (SSSR count). The number of nitrogens with two attached hydrogens (primary N) is 1. The topological polar surface area (TPSA) is 26.0 Å². The van der Waals surface area contributed by atoms with E-state index >= 15 is 0 Å². The first-order chi connectivity index (χ1) is 3.62. The van der Waals surface area contributed by atoms with Gasteiger partial charge < -0.3 is 5.73 Å². The lowest BCUT2D eigenvalue weighted by Gasteiger charge is -2.18. The van der Waals surface area contributed by atoms with Gasteiger partial charge in [-0.1, -0.05) is 35.9 Å². The molecule has 0 fully saturated rings. The van der Waals surface area contributed by atoms with Crippen LogP contribution in [0.15, 0.2) is 0 Å². The van der Waals surface area contributed by atoms with Crippen LogP contribution in [0, 0.1) is 0 Å². The van der Waals surface area contributed by atoms with Gasteiger partial charge in [-0.15, -0.1) is 0 Å². The Morgan fingerprint density at radius 2 is 2.12 bits per heavy atom. The summed E-state index contributed by atoms with van der Waals surface area (Å²) in [5.41, 5.74) is 5.48. The van der Waals surface area contributed by atoms with Crippen molar-refractivity contribution in [2.75, 3.05) is 6.54 Å². The summed E-state index contributed by atoms with van der Waals surface area (Å²) in [5, 5.41) is 0. The fourth-order valence-corrected chi connectivity index (χ4v) is 1.16. The summed E-state index contributed by atoms with van der Waals surface area (Å²) in [6.07, 6.45) is 2.46. The van der Waals surface area contributed by atoms with Crippen LogP contribution in [-0.4, -0.2) is 9.97 Å². The van der Waals surface area contributed by atoms with E-state index in [0.717, 1.165) is 6.54 Å². The lowest BCUT2D eigenvalue weighted by molar-refractivity contribution is 0.613. The van der Waals surface area contributed by atoms with Crippen molar-refractivity contribution in [2.45, 2.75) is 30.1 Å². The molecule has 0 aromatic carbocycles. The largest absolute Gasteiger partial charge is 0.329 e. The van der Waals surface area contributed by atoms with Gasteiger partial charge in [0.15, 0.2) is 0 Å². The zero-order valence-electron chi connectivity index (χ0n) is 5.58. The summed E-state index contributed by atoms with van der Waals surface area (Å²) in [6, 6.07) is 0. The molecule has 1 atom stereocenters. The lowest BCUT2D eigenvalue weighted by atomic mass is 10.1. The van der Waals surface area contributed by atoms with Crippen LogP contribution in [0.5, 0.6) is 0 Å². The van der Waals surface area contributed by atoms with E-state index in [0.29, 0.717) is 3.42 Å². The Morgan fingerprint density at radius 1 is 1.62 bits per heavy atom. The number of rotatable bonds is 3. The number of hydrogen-bond acceptors (Lipinski definition) is 1. The molecule has 0 bridgehead atoms. The third-order valence-electron chi connectivity index (χ3n) is 1.20. The minimum absolute atomic E-state index is 0.340. The summed E-state index contributed by atoms with van der Waals surface area (Å²) in [4.78, 5) is 0. The first kappa shape index (κ1) is 8.69. The number of alkyl halides is 1. The molecule has 0 amide bonds. The van der Waals surface area contributed by atoms with E-state index in [2.05, 4.69) is 36.4 Å². The summed E-state index contributed by atoms with van der Waals surface area (Å²) in [7, 11) is 0. The number of hydrogen-bond donors (Lipinski definition) is 1. The standard InChI is InChI=1S/C6H14IN/c1-3-4-6(2,7)5-8/h3-5,8H2,1-2H3. The molecule has 0 aromatic rings. The van der Waals surface area contributed by atoms with Gasteiger partial charge in [0.25, 0.3) is 0 Å². The van der Waals surface area contributed by atoms with Gasteiger partial charge in [-0.2, -0.15) is 0 Å².